The second-order valence-electron chi connectivity index (χ2n) is 4.37. The molecule has 1 fully saturated rings. The summed E-state index contributed by atoms with van der Waals surface area (Å²) in [6, 6.07) is 4.48. The van der Waals surface area contributed by atoms with Crippen molar-refractivity contribution in [2.75, 3.05) is 18.8 Å². The third kappa shape index (κ3) is 2.71. The molecule has 0 amide bonds. The van der Waals surface area contributed by atoms with Gasteiger partial charge in [-0.15, -0.1) is 0 Å². The molecule has 0 aromatic heterocycles. The number of nitrogens with two attached hydrogens (primary N) is 1. The van der Waals surface area contributed by atoms with Gasteiger partial charge in [0.1, 0.15) is 5.82 Å². The van der Waals surface area contributed by atoms with Crippen molar-refractivity contribution >= 4 is 5.69 Å². The molecule has 0 radical (unpaired) electrons. The van der Waals surface area contributed by atoms with E-state index < -0.39 is 0 Å². The Morgan fingerprint density at radius 1 is 1.50 bits per heavy atom. The summed E-state index contributed by atoms with van der Waals surface area (Å²) in [6.07, 6.45) is 1.63. The number of piperidine rings is 1. The van der Waals surface area contributed by atoms with E-state index in [0.29, 0.717) is 18.8 Å². The fraction of sp³-hybridized carbons (Fsp3) is 0.500. The Labute approximate surface area is 94.7 Å². The highest BCUT2D eigenvalue weighted by molar-refractivity contribution is 5.46. The van der Waals surface area contributed by atoms with Crippen molar-refractivity contribution in [3.63, 3.8) is 0 Å². The topological polar surface area (TPSA) is 49.5 Å². The number of likely N-dealkylation sites (tertiary alicyclic amines) is 1. The summed E-state index contributed by atoms with van der Waals surface area (Å²) in [5.74, 6) is -0.306. The number of aliphatic hydroxyl groups is 1. The van der Waals surface area contributed by atoms with E-state index in [1.807, 2.05) is 0 Å². The van der Waals surface area contributed by atoms with Crippen LogP contribution in [0, 0.1) is 5.82 Å². The van der Waals surface area contributed by atoms with Gasteiger partial charge >= 0.3 is 0 Å². The monoisotopic (exact) mass is 224 g/mol. The second-order valence-corrected chi connectivity index (χ2v) is 4.37. The number of aliphatic hydroxyl groups excluding tert-OH is 1. The molecule has 0 saturated carbocycles. The highest BCUT2D eigenvalue weighted by atomic mass is 19.1. The van der Waals surface area contributed by atoms with E-state index in [1.54, 1.807) is 6.07 Å². The van der Waals surface area contributed by atoms with E-state index in [0.717, 1.165) is 24.9 Å². The molecule has 1 heterocycles. The maximum absolute atomic E-state index is 12.9. The minimum Gasteiger partial charge on any atom is -0.398 e. The molecule has 1 unspecified atom stereocenters. The zero-order chi connectivity index (χ0) is 11.5. The van der Waals surface area contributed by atoms with Crippen LogP contribution in [0.4, 0.5) is 10.1 Å². The summed E-state index contributed by atoms with van der Waals surface area (Å²) in [5, 5.41) is 9.54. The third-order valence-electron chi connectivity index (χ3n) is 2.98. The predicted octanol–water partition coefficient (Wildman–Crippen LogP) is 1.36. The van der Waals surface area contributed by atoms with Gasteiger partial charge in [-0.05, 0) is 37.1 Å². The number of nitrogen functional groups attached to an aromatic ring is 1. The first-order valence-electron chi connectivity index (χ1n) is 5.59. The summed E-state index contributed by atoms with van der Waals surface area (Å²) in [4.78, 5) is 2.15. The van der Waals surface area contributed by atoms with Gasteiger partial charge in [0.25, 0.3) is 0 Å². The van der Waals surface area contributed by atoms with Crippen LogP contribution in [-0.2, 0) is 6.54 Å². The summed E-state index contributed by atoms with van der Waals surface area (Å²) in [6.45, 7) is 2.33. The number of hydrogen-bond acceptors (Lipinski definition) is 3. The number of nitrogens with zero attached hydrogens (tertiary/aromatic N) is 1. The van der Waals surface area contributed by atoms with Gasteiger partial charge in [0.15, 0.2) is 0 Å². The summed E-state index contributed by atoms with van der Waals surface area (Å²) < 4.78 is 12.9. The van der Waals surface area contributed by atoms with E-state index >= 15 is 0 Å². The lowest BCUT2D eigenvalue weighted by Crippen LogP contribution is -2.37. The largest absolute Gasteiger partial charge is 0.398 e. The van der Waals surface area contributed by atoms with E-state index in [1.165, 1.54) is 12.1 Å². The number of halogens is 1. The number of β-amino-alcohol motifs (C(OH)–C–C–N with tert-alkyl or cyclic N) is 1. The predicted molar refractivity (Wildman–Crippen MR) is 61.3 cm³/mol. The molecule has 1 saturated heterocycles. The summed E-state index contributed by atoms with van der Waals surface area (Å²) in [5.41, 5.74) is 7.16. The van der Waals surface area contributed by atoms with Crippen molar-refractivity contribution in [1.82, 2.24) is 4.90 Å². The maximum Gasteiger partial charge on any atom is 0.125 e. The molecule has 2 rings (SSSR count). The molecule has 0 aliphatic carbocycles. The maximum atomic E-state index is 12.9. The van der Waals surface area contributed by atoms with Crippen molar-refractivity contribution in [1.29, 1.82) is 0 Å². The van der Waals surface area contributed by atoms with Crippen molar-refractivity contribution in [2.24, 2.45) is 0 Å². The number of rotatable bonds is 2. The first kappa shape index (κ1) is 11.4. The fourth-order valence-corrected chi connectivity index (χ4v) is 2.13. The van der Waals surface area contributed by atoms with E-state index in [2.05, 4.69) is 4.90 Å². The first-order valence-corrected chi connectivity index (χ1v) is 5.59. The van der Waals surface area contributed by atoms with Crippen molar-refractivity contribution < 1.29 is 9.50 Å². The van der Waals surface area contributed by atoms with Gasteiger partial charge < -0.3 is 10.8 Å². The minimum atomic E-state index is -0.306. The highest BCUT2D eigenvalue weighted by Crippen LogP contribution is 2.18. The molecule has 1 aliphatic rings. The van der Waals surface area contributed by atoms with Crippen molar-refractivity contribution in [3.8, 4) is 0 Å². The normalized spacial score (nSPS) is 22.2. The Morgan fingerprint density at radius 3 is 3.00 bits per heavy atom. The van der Waals surface area contributed by atoms with Crippen LogP contribution in [0.25, 0.3) is 0 Å². The lowest BCUT2D eigenvalue weighted by atomic mass is 10.1. The Morgan fingerprint density at radius 2 is 2.31 bits per heavy atom. The molecule has 0 bridgehead atoms. The molecule has 16 heavy (non-hydrogen) atoms. The quantitative estimate of drug-likeness (QED) is 0.746. The van der Waals surface area contributed by atoms with Gasteiger partial charge in [-0.25, -0.2) is 4.39 Å². The van der Waals surface area contributed by atoms with Gasteiger partial charge in [0, 0.05) is 18.8 Å². The van der Waals surface area contributed by atoms with Crippen molar-refractivity contribution in [3.05, 3.63) is 29.6 Å². The number of anilines is 1. The van der Waals surface area contributed by atoms with Crippen LogP contribution in [0.3, 0.4) is 0 Å². The molecule has 4 heteroatoms. The number of hydrogen-bond donors (Lipinski definition) is 2. The number of benzene rings is 1. The standard InChI is InChI=1S/C12H17FN2O/c13-10-4-3-9(12(14)6-10)7-15-5-1-2-11(16)8-15/h3-4,6,11,16H,1-2,5,7-8,14H2. The molecule has 1 aromatic rings. The van der Waals surface area contributed by atoms with Gasteiger partial charge in [-0.2, -0.15) is 0 Å². The third-order valence-corrected chi connectivity index (χ3v) is 2.98. The summed E-state index contributed by atoms with van der Waals surface area (Å²) >= 11 is 0. The van der Waals surface area contributed by atoms with Crippen LogP contribution >= 0.6 is 0 Å². The molecule has 88 valence electrons. The van der Waals surface area contributed by atoms with Crippen LogP contribution in [0.2, 0.25) is 0 Å². The molecular formula is C12H17FN2O. The van der Waals surface area contributed by atoms with Crippen LogP contribution < -0.4 is 5.73 Å². The fourth-order valence-electron chi connectivity index (χ4n) is 2.13. The molecule has 1 aliphatic heterocycles. The van der Waals surface area contributed by atoms with Gasteiger partial charge in [-0.3, -0.25) is 4.90 Å². The minimum absolute atomic E-state index is 0.240. The van der Waals surface area contributed by atoms with Crippen LogP contribution in [-0.4, -0.2) is 29.2 Å². The van der Waals surface area contributed by atoms with E-state index in [-0.39, 0.29) is 11.9 Å². The van der Waals surface area contributed by atoms with Crippen LogP contribution in [0.1, 0.15) is 18.4 Å². The van der Waals surface area contributed by atoms with Gasteiger partial charge in [-0.1, -0.05) is 6.07 Å². The zero-order valence-corrected chi connectivity index (χ0v) is 9.19. The van der Waals surface area contributed by atoms with Gasteiger partial charge in [0.05, 0.1) is 6.10 Å². The van der Waals surface area contributed by atoms with Gasteiger partial charge in [0.2, 0.25) is 0 Å². The average molecular weight is 224 g/mol. The SMILES string of the molecule is Nc1cc(F)ccc1CN1CCCC(O)C1. The van der Waals surface area contributed by atoms with E-state index in [9.17, 15) is 9.50 Å². The lowest BCUT2D eigenvalue weighted by molar-refractivity contribution is 0.0669. The summed E-state index contributed by atoms with van der Waals surface area (Å²) in [7, 11) is 0. The van der Waals surface area contributed by atoms with Crippen molar-refractivity contribution in [2.45, 2.75) is 25.5 Å². The Bertz CT molecular complexity index is 370. The van der Waals surface area contributed by atoms with Crippen LogP contribution in [0.5, 0.6) is 0 Å². The first-order chi connectivity index (χ1) is 7.65. The molecule has 3 N–H and O–H groups in total. The smallest absolute Gasteiger partial charge is 0.125 e. The molecular weight excluding hydrogens is 207 g/mol. The molecule has 1 atom stereocenters. The highest BCUT2D eigenvalue weighted by Gasteiger charge is 2.18. The molecule has 0 spiro atoms. The Balaban J connectivity index is 2.02. The Kier molecular flexibility index (Phi) is 3.41. The lowest BCUT2D eigenvalue weighted by Gasteiger charge is -2.30. The molecule has 3 nitrogen and oxygen atoms in total. The average Bonchev–Trinajstić information content (AvgIpc) is 2.22. The second kappa shape index (κ2) is 4.80. The molecule has 1 aromatic carbocycles. The Hall–Kier alpha value is -1.13. The van der Waals surface area contributed by atoms with Crippen LogP contribution in [0.15, 0.2) is 18.2 Å². The zero-order valence-electron chi connectivity index (χ0n) is 9.19. The van der Waals surface area contributed by atoms with E-state index in [4.69, 9.17) is 5.73 Å².